The summed E-state index contributed by atoms with van der Waals surface area (Å²) in [6.45, 7) is 4.30. The van der Waals surface area contributed by atoms with Gasteiger partial charge < -0.3 is 4.57 Å². The molecular formula is C26H26N4O. The van der Waals surface area contributed by atoms with Crippen LogP contribution in [-0.4, -0.2) is 20.4 Å². The van der Waals surface area contributed by atoms with E-state index in [9.17, 15) is 4.79 Å². The van der Waals surface area contributed by atoms with Gasteiger partial charge in [0.05, 0.1) is 17.1 Å². The quantitative estimate of drug-likeness (QED) is 0.418. The summed E-state index contributed by atoms with van der Waals surface area (Å²) in [5.74, 6) is 0.546. The van der Waals surface area contributed by atoms with Crippen molar-refractivity contribution in [3.8, 4) is 11.4 Å². The summed E-state index contributed by atoms with van der Waals surface area (Å²) in [4.78, 5) is 18.1. The molecule has 0 N–H and O–H groups in total. The molecule has 5 rings (SSSR count). The maximum Gasteiger partial charge on any atom is 0.282 e. The van der Waals surface area contributed by atoms with Crippen LogP contribution in [0.4, 0.5) is 0 Å². The van der Waals surface area contributed by atoms with Gasteiger partial charge in [0.15, 0.2) is 5.82 Å². The van der Waals surface area contributed by atoms with Crippen LogP contribution in [0.1, 0.15) is 48.7 Å². The first-order valence-electron chi connectivity index (χ1n) is 10.9. The summed E-state index contributed by atoms with van der Waals surface area (Å²) in [6.07, 6.45) is 6.86. The van der Waals surface area contributed by atoms with E-state index in [1.165, 1.54) is 41.7 Å². The molecule has 2 aromatic carbocycles. The van der Waals surface area contributed by atoms with Gasteiger partial charge in [0.1, 0.15) is 0 Å². The number of fused-ring (bicyclic) bond motifs is 1. The van der Waals surface area contributed by atoms with Crippen LogP contribution in [0.25, 0.3) is 22.3 Å². The van der Waals surface area contributed by atoms with Crippen LogP contribution in [0.15, 0.2) is 70.6 Å². The molecule has 1 aliphatic carbocycles. The fourth-order valence-electron chi connectivity index (χ4n) is 4.78. The van der Waals surface area contributed by atoms with Crippen molar-refractivity contribution in [1.29, 1.82) is 0 Å². The smallest absolute Gasteiger partial charge is 0.282 e. The number of hydrogen-bond donors (Lipinski definition) is 0. The second-order valence-electron chi connectivity index (χ2n) is 8.31. The van der Waals surface area contributed by atoms with Crippen LogP contribution >= 0.6 is 0 Å². The number of rotatable bonds is 4. The minimum Gasteiger partial charge on any atom is -0.345 e. The van der Waals surface area contributed by atoms with Gasteiger partial charge in [0.25, 0.3) is 5.56 Å². The van der Waals surface area contributed by atoms with E-state index < -0.39 is 0 Å². The van der Waals surface area contributed by atoms with Crippen molar-refractivity contribution in [3.63, 3.8) is 0 Å². The maximum absolute atomic E-state index is 13.3. The minimum atomic E-state index is -0.162. The van der Waals surface area contributed by atoms with E-state index in [2.05, 4.69) is 29.6 Å². The van der Waals surface area contributed by atoms with Crippen LogP contribution in [-0.2, 0) is 0 Å². The van der Waals surface area contributed by atoms with E-state index in [0.29, 0.717) is 22.8 Å². The van der Waals surface area contributed by atoms with Gasteiger partial charge in [-0.25, -0.2) is 4.98 Å². The van der Waals surface area contributed by atoms with E-state index in [0.717, 1.165) is 11.1 Å². The zero-order valence-corrected chi connectivity index (χ0v) is 18.0. The van der Waals surface area contributed by atoms with Crippen LogP contribution in [0.3, 0.4) is 0 Å². The lowest BCUT2D eigenvalue weighted by molar-refractivity contribution is 0.500. The predicted octanol–water partition coefficient (Wildman–Crippen LogP) is 5.48. The molecule has 0 radical (unpaired) electrons. The Bertz CT molecular complexity index is 1330. The van der Waals surface area contributed by atoms with Gasteiger partial charge in [-0.1, -0.05) is 55.3 Å². The number of hydrogen-bond acceptors (Lipinski definition) is 3. The summed E-state index contributed by atoms with van der Waals surface area (Å²) < 4.78 is 3.87. The van der Waals surface area contributed by atoms with Gasteiger partial charge in [0, 0.05) is 28.6 Å². The Labute approximate surface area is 181 Å². The molecule has 2 heterocycles. The average Bonchev–Trinajstić information content (AvgIpc) is 3.41. The average molecular weight is 411 g/mol. The lowest BCUT2D eigenvalue weighted by Crippen LogP contribution is -2.20. The van der Waals surface area contributed by atoms with Gasteiger partial charge in [-0.05, 0) is 44.9 Å². The van der Waals surface area contributed by atoms with Crippen molar-refractivity contribution in [2.75, 3.05) is 0 Å². The molecule has 1 aliphatic rings. The normalized spacial score (nSPS) is 14.8. The number of aromatic nitrogens is 3. The van der Waals surface area contributed by atoms with E-state index in [-0.39, 0.29) is 5.56 Å². The number of para-hydroxylation sites is 1. The van der Waals surface area contributed by atoms with E-state index in [1.54, 1.807) is 12.3 Å². The molecule has 5 heteroatoms. The minimum absolute atomic E-state index is 0.162. The fraction of sp³-hybridized carbons (Fsp3) is 0.269. The van der Waals surface area contributed by atoms with E-state index in [4.69, 9.17) is 4.98 Å². The van der Waals surface area contributed by atoms with Crippen molar-refractivity contribution in [2.45, 2.75) is 45.6 Å². The molecule has 156 valence electrons. The fourth-order valence-corrected chi connectivity index (χ4v) is 4.78. The summed E-state index contributed by atoms with van der Waals surface area (Å²) >= 11 is 0. The third-order valence-electron chi connectivity index (χ3n) is 6.31. The topological polar surface area (TPSA) is 52.2 Å². The molecular weight excluding hydrogens is 384 g/mol. The SMILES string of the molecule is Cc1cc(C=Nn2c(-c3ccccc3)nc3ccccc3c2=O)c(C)n1C1CCCC1. The lowest BCUT2D eigenvalue weighted by Gasteiger charge is -2.17. The summed E-state index contributed by atoms with van der Waals surface area (Å²) in [5, 5.41) is 5.21. The Kier molecular flexibility index (Phi) is 5.02. The second kappa shape index (κ2) is 7.99. The Morgan fingerprint density at radius 3 is 2.48 bits per heavy atom. The van der Waals surface area contributed by atoms with Crippen molar-refractivity contribution < 1.29 is 0 Å². The largest absolute Gasteiger partial charge is 0.345 e. The van der Waals surface area contributed by atoms with Gasteiger partial charge >= 0.3 is 0 Å². The van der Waals surface area contributed by atoms with Gasteiger partial charge in [0.2, 0.25) is 0 Å². The Morgan fingerprint density at radius 1 is 1.00 bits per heavy atom. The van der Waals surface area contributed by atoms with E-state index in [1.807, 2.05) is 48.5 Å². The molecule has 0 atom stereocenters. The highest BCUT2D eigenvalue weighted by molar-refractivity contribution is 5.83. The Hall–Kier alpha value is -3.47. The lowest BCUT2D eigenvalue weighted by atomic mass is 10.2. The highest BCUT2D eigenvalue weighted by Gasteiger charge is 2.21. The Morgan fingerprint density at radius 2 is 1.71 bits per heavy atom. The molecule has 2 aromatic heterocycles. The van der Waals surface area contributed by atoms with Crippen LogP contribution in [0.2, 0.25) is 0 Å². The zero-order chi connectivity index (χ0) is 21.4. The van der Waals surface area contributed by atoms with E-state index >= 15 is 0 Å². The second-order valence-corrected chi connectivity index (χ2v) is 8.31. The van der Waals surface area contributed by atoms with Crippen molar-refractivity contribution in [3.05, 3.63) is 88.0 Å². The van der Waals surface area contributed by atoms with Crippen molar-refractivity contribution in [1.82, 2.24) is 14.2 Å². The first-order valence-corrected chi connectivity index (χ1v) is 10.9. The molecule has 0 spiro atoms. The van der Waals surface area contributed by atoms with Crippen molar-refractivity contribution >= 4 is 17.1 Å². The molecule has 0 amide bonds. The van der Waals surface area contributed by atoms with Crippen LogP contribution in [0.5, 0.6) is 0 Å². The molecule has 5 nitrogen and oxygen atoms in total. The molecule has 31 heavy (non-hydrogen) atoms. The first-order chi connectivity index (χ1) is 15.1. The molecule has 1 fully saturated rings. The molecule has 0 saturated heterocycles. The van der Waals surface area contributed by atoms with Gasteiger partial charge in [-0.15, -0.1) is 0 Å². The molecule has 0 aliphatic heterocycles. The molecule has 0 unspecified atom stereocenters. The van der Waals surface area contributed by atoms with Crippen LogP contribution in [0, 0.1) is 13.8 Å². The summed E-state index contributed by atoms with van der Waals surface area (Å²) in [6, 6.07) is 19.9. The third kappa shape index (κ3) is 3.50. The molecule has 1 saturated carbocycles. The highest BCUT2D eigenvalue weighted by Crippen LogP contribution is 2.33. The zero-order valence-electron chi connectivity index (χ0n) is 18.0. The number of aryl methyl sites for hydroxylation is 1. The predicted molar refractivity (Wildman–Crippen MR) is 126 cm³/mol. The van der Waals surface area contributed by atoms with Gasteiger partial charge in [-0.3, -0.25) is 4.79 Å². The summed E-state index contributed by atoms with van der Waals surface area (Å²) in [5.41, 5.74) is 4.87. The number of benzene rings is 2. The van der Waals surface area contributed by atoms with Crippen molar-refractivity contribution in [2.24, 2.45) is 5.10 Å². The summed E-state index contributed by atoms with van der Waals surface area (Å²) in [7, 11) is 0. The standard InChI is InChI=1S/C26H26N4O/c1-18-16-21(19(2)29(18)22-12-6-7-13-22)17-27-30-25(20-10-4-3-5-11-20)28-24-15-9-8-14-23(24)26(30)31/h3-5,8-11,14-17,22H,6-7,12-13H2,1-2H3. The Balaban J connectivity index is 1.64. The molecule has 0 bridgehead atoms. The monoisotopic (exact) mass is 410 g/mol. The molecule has 4 aromatic rings. The highest BCUT2D eigenvalue weighted by atomic mass is 16.1. The number of nitrogens with zero attached hydrogens (tertiary/aromatic N) is 4. The maximum atomic E-state index is 13.3. The first kappa shape index (κ1) is 19.5. The van der Waals surface area contributed by atoms with Gasteiger partial charge in [-0.2, -0.15) is 9.78 Å². The third-order valence-corrected chi connectivity index (χ3v) is 6.31. The van der Waals surface area contributed by atoms with Crippen LogP contribution < -0.4 is 5.56 Å².